The first kappa shape index (κ1) is 46.2. The summed E-state index contributed by atoms with van der Waals surface area (Å²) in [7, 11) is 0. The second-order valence-corrected chi connectivity index (χ2v) is 18.3. The van der Waals surface area contributed by atoms with Gasteiger partial charge in [0.05, 0.1) is 69.3 Å². The Morgan fingerprint density at radius 1 is 0.316 bits per heavy atom. The Labute approximate surface area is 437 Å². The lowest BCUT2D eigenvalue weighted by molar-refractivity contribution is 0.629. The first-order valence-electron chi connectivity index (χ1n) is 24.4. The van der Waals surface area contributed by atoms with Gasteiger partial charge in [0.25, 0.3) is 0 Å². The summed E-state index contributed by atoms with van der Waals surface area (Å²) in [5.74, 6) is -1.01. The van der Waals surface area contributed by atoms with Gasteiger partial charge >= 0.3 is 0 Å². The molecule has 0 atom stereocenters. The highest BCUT2D eigenvalue weighted by molar-refractivity contribution is 6.28. The minimum Gasteiger partial charge on any atom is -0.307 e. The lowest BCUT2D eigenvalue weighted by atomic mass is 9.89. The van der Waals surface area contributed by atoms with Crippen LogP contribution in [-0.4, -0.2) is 0 Å². The van der Waals surface area contributed by atoms with Crippen LogP contribution in [-0.2, 0) is 0 Å². The van der Waals surface area contributed by atoms with Crippen LogP contribution in [0.2, 0.25) is 0 Å². The fourth-order valence-corrected chi connectivity index (χ4v) is 10.7. The first-order valence-corrected chi connectivity index (χ1v) is 24.4. The van der Waals surface area contributed by atoms with E-state index in [2.05, 4.69) is 48.5 Å². The third-order valence-corrected chi connectivity index (χ3v) is 14.0. The van der Waals surface area contributed by atoms with Crippen LogP contribution >= 0.6 is 0 Å². The third-order valence-electron chi connectivity index (χ3n) is 14.0. The minimum atomic E-state index is -0.507. The maximum absolute atomic E-state index is 17.6. The van der Waals surface area contributed by atoms with Crippen LogP contribution in [0.4, 0.5) is 42.9 Å². The van der Waals surface area contributed by atoms with Gasteiger partial charge in [0.2, 0.25) is 0 Å². The van der Waals surface area contributed by atoms with E-state index in [1.807, 2.05) is 131 Å². The summed E-state index contributed by atoms with van der Waals surface area (Å²) >= 11 is 0. The van der Waals surface area contributed by atoms with Crippen molar-refractivity contribution in [3.05, 3.63) is 264 Å². The van der Waals surface area contributed by atoms with Gasteiger partial charge in [-0.3, -0.25) is 0 Å². The highest BCUT2D eigenvalue weighted by Gasteiger charge is 2.30. The largest absolute Gasteiger partial charge is 0.307 e. The molecule has 0 heterocycles. The van der Waals surface area contributed by atoms with Gasteiger partial charge in [0, 0.05) is 33.3 Å². The van der Waals surface area contributed by atoms with E-state index in [0.717, 1.165) is 32.3 Å². The van der Waals surface area contributed by atoms with Gasteiger partial charge in [-0.25, -0.2) is 8.78 Å². The average molecular weight is 977 g/mol. The number of anilines is 6. The molecule has 0 fully saturated rings. The Balaban J connectivity index is 1.15. The van der Waals surface area contributed by atoms with Crippen LogP contribution in [0.1, 0.15) is 22.3 Å². The van der Waals surface area contributed by atoms with Crippen LogP contribution in [0.25, 0.3) is 76.8 Å². The van der Waals surface area contributed by atoms with Crippen LogP contribution in [0.15, 0.2) is 231 Å². The molecule has 12 aromatic carbocycles. The maximum atomic E-state index is 17.6. The molecule has 0 unspecified atom stereocenters. The standard InChI is InChI=1S/C68H38F2N6/c69-59-31-29-55(49-15-7-11-43(35-49)39-71)65(51-17-9-13-45(37-51)41-73)67(59)75(53-19-3-1-4-20-53)61-33-25-47-24-28-58-62(34-26-48-23-27-57(61)63(47)64(48)58)76(54-21-5-2-6-22-54)68-60(70)32-30-56(50-16-8-12-44(36-50)40-72)66(68)52-18-10-14-46(38-52)42-74/h1-38H. The number of halogens is 2. The van der Waals surface area contributed by atoms with E-state index in [9.17, 15) is 21.0 Å². The molecule has 0 aliphatic heterocycles. The highest BCUT2D eigenvalue weighted by Crippen LogP contribution is 2.53. The number of hydrogen-bond donors (Lipinski definition) is 0. The van der Waals surface area contributed by atoms with Crippen molar-refractivity contribution < 1.29 is 8.78 Å². The minimum absolute atomic E-state index is 0.246. The molecule has 0 aromatic heterocycles. The molecule has 354 valence electrons. The Hall–Kier alpha value is -10.9. The van der Waals surface area contributed by atoms with Crippen LogP contribution in [0.3, 0.4) is 0 Å². The Kier molecular flexibility index (Phi) is 11.7. The number of nitriles is 4. The van der Waals surface area contributed by atoms with Gasteiger partial charge in [-0.15, -0.1) is 0 Å². The van der Waals surface area contributed by atoms with E-state index in [0.29, 0.717) is 89.5 Å². The van der Waals surface area contributed by atoms with Crippen molar-refractivity contribution in [3.63, 3.8) is 0 Å². The number of benzene rings is 12. The van der Waals surface area contributed by atoms with E-state index >= 15 is 8.78 Å². The molecule has 0 spiro atoms. The second-order valence-electron chi connectivity index (χ2n) is 18.3. The monoisotopic (exact) mass is 976 g/mol. The van der Waals surface area contributed by atoms with Gasteiger partial charge in [-0.1, -0.05) is 133 Å². The molecule has 12 aromatic rings. The van der Waals surface area contributed by atoms with Crippen molar-refractivity contribution in [2.75, 3.05) is 9.80 Å². The summed E-state index contributed by atoms with van der Waals surface area (Å²) < 4.78 is 35.2. The maximum Gasteiger partial charge on any atom is 0.147 e. The zero-order valence-electron chi connectivity index (χ0n) is 40.4. The summed E-state index contributed by atoms with van der Waals surface area (Å²) in [5.41, 5.74) is 9.93. The zero-order chi connectivity index (χ0) is 51.9. The van der Waals surface area contributed by atoms with Crippen molar-refractivity contribution in [2.45, 2.75) is 0 Å². The topological polar surface area (TPSA) is 102 Å². The molecule has 0 aliphatic carbocycles. The molecule has 0 saturated carbocycles. The molecule has 76 heavy (non-hydrogen) atoms. The Morgan fingerprint density at radius 2 is 0.658 bits per heavy atom. The van der Waals surface area contributed by atoms with Crippen LogP contribution in [0.5, 0.6) is 0 Å². The normalized spacial score (nSPS) is 11.0. The highest BCUT2D eigenvalue weighted by atomic mass is 19.1. The molecule has 0 saturated heterocycles. The van der Waals surface area contributed by atoms with Gasteiger partial charge in [0.1, 0.15) is 11.6 Å². The van der Waals surface area contributed by atoms with E-state index in [-0.39, 0.29) is 11.4 Å². The van der Waals surface area contributed by atoms with Gasteiger partial charge in [-0.05, 0) is 152 Å². The van der Waals surface area contributed by atoms with E-state index in [1.165, 1.54) is 12.1 Å². The van der Waals surface area contributed by atoms with Crippen molar-refractivity contribution in [3.8, 4) is 68.8 Å². The molecule has 0 N–H and O–H groups in total. The smallest absolute Gasteiger partial charge is 0.147 e. The summed E-state index contributed by atoms with van der Waals surface area (Å²) in [5, 5.41) is 45.6. The van der Waals surface area contributed by atoms with E-state index in [1.54, 1.807) is 72.8 Å². The average Bonchev–Trinajstić information content (AvgIpc) is 3.50. The third kappa shape index (κ3) is 7.94. The molecule has 0 radical (unpaired) electrons. The number of nitrogens with zero attached hydrogens (tertiary/aromatic N) is 6. The van der Waals surface area contributed by atoms with E-state index in [4.69, 9.17) is 0 Å². The molecule has 6 nitrogen and oxygen atoms in total. The van der Waals surface area contributed by atoms with Gasteiger partial charge < -0.3 is 9.80 Å². The Bertz CT molecular complexity index is 4160. The lowest BCUT2D eigenvalue weighted by Crippen LogP contribution is -2.15. The quantitative estimate of drug-likeness (QED) is 0.127. The Morgan fingerprint density at radius 3 is 1.03 bits per heavy atom. The molecule has 8 heteroatoms. The number of para-hydroxylation sites is 2. The van der Waals surface area contributed by atoms with Crippen molar-refractivity contribution in [1.29, 1.82) is 21.0 Å². The lowest BCUT2D eigenvalue weighted by Gasteiger charge is -2.32. The molecular weight excluding hydrogens is 939 g/mol. The van der Waals surface area contributed by atoms with Gasteiger partial charge in [-0.2, -0.15) is 21.0 Å². The fourth-order valence-electron chi connectivity index (χ4n) is 10.7. The number of rotatable bonds is 10. The summed E-state index contributed by atoms with van der Waals surface area (Å²) in [4.78, 5) is 3.88. The molecule has 0 amide bonds. The predicted octanol–water partition coefficient (Wildman–Crippen LogP) is 18.0. The molecule has 12 rings (SSSR count). The number of hydrogen-bond acceptors (Lipinski definition) is 6. The van der Waals surface area contributed by atoms with Crippen LogP contribution in [0, 0.1) is 57.0 Å². The molecule has 0 aliphatic rings. The van der Waals surface area contributed by atoms with E-state index < -0.39 is 11.6 Å². The summed E-state index contributed by atoms with van der Waals surface area (Å²) in [6, 6.07) is 79.7. The van der Waals surface area contributed by atoms with Crippen molar-refractivity contribution >= 4 is 66.4 Å². The first-order chi connectivity index (χ1) is 37.3. The molecular formula is C68H38F2N6. The van der Waals surface area contributed by atoms with Crippen LogP contribution < -0.4 is 9.80 Å². The SMILES string of the molecule is N#Cc1cccc(-c2ccc(F)c(N(c3ccccc3)c3ccc4ccc5c(N(c6ccccc6)c6c(F)ccc(-c7cccc(C#N)c7)c6-c6cccc(C#N)c6)ccc6ccc3c4c65)c2-c2cccc(C#N)c2)c1. The van der Waals surface area contributed by atoms with Gasteiger partial charge in [0.15, 0.2) is 0 Å². The summed E-state index contributed by atoms with van der Waals surface area (Å²) in [6.07, 6.45) is 0. The second kappa shape index (κ2) is 19.3. The van der Waals surface area contributed by atoms with Crippen molar-refractivity contribution in [2.24, 2.45) is 0 Å². The predicted molar refractivity (Wildman–Crippen MR) is 300 cm³/mol. The van der Waals surface area contributed by atoms with Crippen molar-refractivity contribution in [1.82, 2.24) is 0 Å². The fraction of sp³-hybridized carbons (Fsp3) is 0. The molecule has 0 bridgehead atoms. The zero-order valence-corrected chi connectivity index (χ0v) is 40.4. The summed E-state index contributed by atoms with van der Waals surface area (Å²) in [6.45, 7) is 0.